The molecule has 1 fully saturated rings. The van der Waals surface area contributed by atoms with Crippen LogP contribution in [0.3, 0.4) is 0 Å². The summed E-state index contributed by atoms with van der Waals surface area (Å²) in [6.07, 6.45) is 1.33. The minimum Gasteiger partial charge on any atom is -0.454 e. The van der Waals surface area contributed by atoms with Crippen LogP contribution in [-0.4, -0.2) is 36.1 Å². The van der Waals surface area contributed by atoms with Crippen LogP contribution in [0.4, 0.5) is 5.69 Å². The number of nitrogens with one attached hydrogen (secondary N) is 1. The quantitative estimate of drug-likeness (QED) is 0.837. The number of carbonyl (C=O) groups is 2. The fraction of sp³-hybridized carbons (Fsp3) is 0.263. The lowest BCUT2D eigenvalue weighted by atomic mass is 10.1. The van der Waals surface area contributed by atoms with Crippen molar-refractivity contribution in [1.82, 2.24) is 4.90 Å². The van der Waals surface area contributed by atoms with Crippen molar-refractivity contribution >= 4 is 40.7 Å². The zero-order chi connectivity index (χ0) is 19.0. The van der Waals surface area contributed by atoms with E-state index in [9.17, 15) is 9.59 Å². The van der Waals surface area contributed by atoms with E-state index in [1.54, 1.807) is 41.3 Å². The number of amides is 2. The van der Waals surface area contributed by atoms with Crippen LogP contribution in [0.5, 0.6) is 11.5 Å². The number of hydrogen-bond acceptors (Lipinski definition) is 4. The van der Waals surface area contributed by atoms with Gasteiger partial charge < -0.3 is 19.7 Å². The first kappa shape index (κ1) is 17.9. The van der Waals surface area contributed by atoms with E-state index in [0.717, 1.165) is 6.42 Å². The highest BCUT2D eigenvalue weighted by atomic mass is 35.5. The van der Waals surface area contributed by atoms with E-state index in [1.807, 2.05) is 0 Å². The summed E-state index contributed by atoms with van der Waals surface area (Å²) >= 11 is 12.1. The molecule has 4 rings (SSSR count). The van der Waals surface area contributed by atoms with Gasteiger partial charge >= 0.3 is 0 Å². The third-order valence-corrected chi connectivity index (χ3v) is 5.19. The van der Waals surface area contributed by atoms with Gasteiger partial charge in [-0.2, -0.15) is 0 Å². The molecule has 2 aromatic carbocycles. The molecule has 1 N–H and O–H groups in total. The van der Waals surface area contributed by atoms with Gasteiger partial charge in [0.15, 0.2) is 11.5 Å². The molecule has 1 atom stereocenters. The van der Waals surface area contributed by atoms with E-state index in [0.29, 0.717) is 45.8 Å². The number of anilines is 1. The van der Waals surface area contributed by atoms with Crippen molar-refractivity contribution in [3.8, 4) is 11.5 Å². The fourth-order valence-electron chi connectivity index (χ4n) is 3.29. The Morgan fingerprint density at radius 2 is 1.89 bits per heavy atom. The Balaban J connectivity index is 1.52. The Morgan fingerprint density at radius 1 is 1.07 bits per heavy atom. The third-order valence-electron chi connectivity index (χ3n) is 4.62. The lowest BCUT2D eigenvalue weighted by Crippen LogP contribution is -2.43. The molecule has 2 heterocycles. The third kappa shape index (κ3) is 3.55. The molecule has 0 spiro atoms. The van der Waals surface area contributed by atoms with Crippen molar-refractivity contribution < 1.29 is 19.1 Å². The summed E-state index contributed by atoms with van der Waals surface area (Å²) < 4.78 is 10.6. The van der Waals surface area contributed by atoms with E-state index in [4.69, 9.17) is 32.7 Å². The molecular weight excluding hydrogens is 391 g/mol. The van der Waals surface area contributed by atoms with Gasteiger partial charge in [-0.15, -0.1) is 0 Å². The molecule has 8 heteroatoms. The van der Waals surface area contributed by atoms with Crippen LogP contribution in [0.1, 0.15) is 23.2 Å². The first-order valence-corrected chi connectivity index (χ1v) is 9.25. The first-order chi connectivity index (χ1) is 13.0. The summed E-state index contributed by atoms with van der Waals surface area (Å²) in [7, 11) is 0. The maximum Gasteiger partial charge on any atom is 0.254 e. The maximum atomic E-state index is 12.9. The van der Waals surface area contributed by atoms with Crippen molar-refractivity contribution in [3.63, 3.8) is 0 Å². The number of fused-ring (bicyclic) bond motifs is 1. The van der Waals surface area contributed by atoms with Crippen LogP contribution in [-0.2, 0) is 4.79 Å². The second kappa shape index (κ2) is 7.29. The standard InChI is InChI=1S/C19H16Cl2N2O4/c20-12-4-5-13(21)14(9-12)22-18(24)15-2-1-7-23(15)19(25)11-3-6-16-17(8-11)27-10-26-16/h3-6,8-9,15H,1-2,7,10H2,(H,22,24)/t15-/m1/s1. The summed E-state index contributed by atoms with van der Waals surface area (Å²) in [5.41, 5.74) is 0.885. The molecule has 2 aliphatic rings. The smallest absolute Gasteiger partial charge is 0.254 e. The van der Waals surface area contributed by atoms with Gasteiger partial charge in [0, 0.05) is 17.1 Å². The van der Waals surface area contributed by atoms with Gasteiger partial charge in [-0.05, 0) is 49.2 Å². The molecule has 2 aromatic rings. The van der Waals surface area contributed by atoms with Crippen molar-refractivity contribution in [3.05, 3.63) is 52.0 Å². The highest BCUT2D eigenvalue weighted by Gasteiger charge is 2.35. The Bertz CT molecular complexity index is 919. The number of carbonyl (C=O) groups excluding carboxylic acids is 2. The van der Waals surface area contributed by atoms with E-state index in [2.05, 4.69) is 5.32 Å². The highest BCUT2D eigenvalue weighted by Crippen LogP contribution is 2.34. The fourth-order valence-corrected chi connectivity index (χ4v) is 3.62. The number of benzene rings is 2. The van der Waals surface area contributed by atoms with E-state index < -0.39 is 6.04 Å². The average Bonchev–Trinajstić information content (AvgIpc) is 3.32. The lowest BCUT2D eigenvalue weighted by molar-refractivity contribution is -0.119. The van der Waals surface area contributed by atoms with Crippen molar-refractivity contribution in [2.75, 3.05) is 18.7 Å². The molecule has 0 radical (unpaired) electrons. The molecule has 2 aliphatic heterocycles. The Morgan fingerprint density at radius 3 is 2.74 bits per heavy atom. The minimum atomic E-state index is -0.571. The zero-order valence-electron chi connectivity index (χ0n) is 14.2. The van der Waals surface area contributed by atoms with Gasteiger partial charge in [0.05, 0.1) is 10.7 Å². The normalized spacial score (nSPS) is 17.9. The highest BCUT2D eigenvalue weighted by molar-refractivity contribution is 6.35. The van der Waals surface area contributed by atoms with Gasteiger partial charge in [-0.25, -0.2) is 0 Å². The summed E-state index contributed by atoms with van der Waals surface area (Å²) in [5, 5.41) is 3.63. The number of halogens is 2. The van der Waals surface area contributed by atoms with Crippen LogP contribution >= 0.6 is 23.2 Å². The average molecular weight is 407 g/mol. The molecule has 2 amide bonds. The van der Waals surface area contributed by atoms with Gasteiger partial charge in [0.25, 0.3) is 5.91 Å². The van der Waals surface area contributed by atoms with Gasteiger partial charge in [0.1, 0.15) is 6.04 Å². The molecule has 0 aliphatic carbocycles. The molecule has 1 saturated heterocycles. The topological polar surface area (TPSA) is 67.9 Å². The molecule has 0 unspecified atom stereocenters. The van der Waals surface area contributed by atoms with E-state index in [-0.39, 0.29) is 18.6 Å². The van der Waals surface area contributed by atoms with Crippen LogP contribution in [0.15, 0.2) is 36.4 Å². The van der Waals surface area contributed by atoms with Gasteiger partial charge in [-0.1, -0.05) is 23.2 Å². The molecule has 0 bridgehead atoms. The van der Waals surface area contributed by atoms with Crippen LogP contribution in [0.25, 0.3) is 0 Å². The van der Waals surface area contributed by atoms with Gasteiger partial charge in [0.2, 0.25) is 12.7 Å². The minimum absolute atomic E-state index is 0.141. The molecular formula is C19H16Cl2N2O4. The Kier molecular flexibility index (Phi) is 4.85. The molecule has 6 nitrogen and oxygen atoms in total. The number of likely N-dealkylation sites (tertiary alicyclic amines) is 1. The van der Waals surface area contributed by atoms with E-state index in [1.165, 1.54) is 0 Å². The largest absolute Gasteiger partial charge is 0.454 e. The lowest BCUT2D eigenvalue weighted by Gasteiger charge is -2.24. The van der Waals surface area contributed by atoms with Gasteiger partial charge in [-0.3, -0.25) is 9.59 Å². The molecule has 0 saturated carbocycles. The molecule has 27 heavy (non-hydrogen) atoms. The van der Waals surface area contributed by atoms with Crippen molar-refractivity contribution in [2.45, 2.75) is 18.9 Å². The second-order valence-electron chi connectivity index (χ2n) is 6.34. The summed E-state index contributed by atoms with van der Waals surface area (Å²) in [4.78, 5) is 27.3. The Labute approximate surface area is 165 Å². The Hall–Kier alpha value is -2.44. The zero-order valence-corrected chi connectivity index (χ0v) is 15.7. The number of hydrogen-bond donors (Lipinski definition) is 1. The van der Waals surface area contributed by atoms with Crippen molar-refractivity contribution in [2.24, 2.45) is 0 Å². The summed E-state index contributed by atoms with van der Waals surface area (Å²) in [5.74, 6) is 0.638. The molecule has 140 valence electrons. The first-order valence-electron chi connectivity index (χ1n) is 8.49. The number of nitrogens with zero attached hydrogens (tertiary/aromatic N) is 1. The van der Waals surface area contributed by atoms with Crippen LogP contribution in [0.2, 0.25) is 10.0 Å². The molecule has 0 aromatic heterocycles. The monoisotopic (exact) mass is 406 g/mol. The predicted octanol–water partition coefficient (Wildman–Crippen LogP) is 3.97. The summed E-state index contributed by atoms with van der Waals surface area (Å²) in [6, 6.07) is 9.29. The summed E-state index contributed by atoms with van der Waals surface area (Å²) in [6.45, 7) is 0.650. The second-order valence-corrected chi connectivity index (χ2v) is 7.18. The maximum absolute atomic E-state index is 12.9. The SMILES string of the molecule is O=C(Nc1cc(Cl)ccc1Cl)[C@H]1CCCN1C(=O)c1ccc2c(c1)OCO2. The predicted molar refractivity (Wildman–Crippen MR) is 102 cm³/mol. The number of rotatable bonds is 3. The van der Waals surface area contributed by atoms with Crippen LogP contribution in [0, 0.1) is 0 Å². The van der Waals surface area contributed by atoms with E-state index >= 15 is 0 Å². The van der Waals surface area contributed by atoms with Crippen LogP contribution < -0.4 is 14.8 Å². The van der Waals surface area contributed by atoms with Crippen molar-refractivity contribution in [1.29, 1.82) is 0 Å². The number of ether oxygens (including phenoxy) is 2.